The van der Waals surface area contributed by atoms with Crippen LogP contribution in [0.3, 0.4) is 0 Å². The Morgan fingerprint density at radius 2 is 1.23 bits per heavy atom. The molecule has 0 unspecified atom stereocenters. The molecule has 102 valence electrons. The maximum absolute atomic E-state index is 8.98. The van der Waals surface area contributed by atoms with Crippen LogP contribution in [-0.4, -0.2) is 4.98 Å². The molecular formula is C20H12N2. The Morgan fingerprint density at radius 1 is 0.682 bits per heavy atom. The number of fused-ring (bicyclic) bond motifs is 2. The second-order valence-electron chi connectivity index (χ2n) is 5.21. The van der Waals surface area contributed by atoms with Gasteiger partial charge >= 0.3 is 0 Å². The molecule has 4 aromatic rings. The molecule has 0 aliphatic carbocycles. The van der Waals surface area contributed by atoms with Gasteiger partial charge in [-0.2, -0.15) is 5.26 Å². The van der Waals surface area contributed by atoms with Gasteiger partial charge in [-0.1, -0.05) is 48.5 Å². The Bertz CT molecular complexity index is 971. The van der Waals surface area contributed by atoms with Crippen LogP contribution in [-0.2, 0) is 0 Å². The summed E-state index contributed by atoms with van der Waals surface area (Å²) in [5.74, 6) is 0. The maximum Gasteiger partial charge on any atom is 0.0991 e. The summed E-state index contributed by atoms with van der Waals surface area (Å²) in [5.41, 5.74) is 4.92. The zero-order valence-corrected chi connectivity index (χ0v) is 11.8. The van der Waals surface area contributed by atoms with Crippen molar-refractivity contribution in [2.24, 2.45) is 0 Å². The number of nitrogens with zero attached hydrogens (tertiary/aromatic N) is 2. The topological polar surface area (TPSA) is 36.7 Å². The Labute approximate surface area is 128 Å². The first-order valence-corrected chi connectivity index (χ1v) is 7.15. The number of pyridine rings is 1. The van der Waals surface area contributed by atoms with E-state index in [9.17, 15) is 0 Å². The van der Waals surface area contributed by atoms with Gasteiger partial charge < -0.3 is 0 Å². The van der Waals surface area contributed by atoms with Gasteiger partial charge in [0.05, 0.1) is 22.7 Å². The van der Waals surface area contributed by atoms with Crippen molar-refractivity contribution in [2.75, 3.05) is 0 Å². The van der Waals surface area contributed by atoms with Crippen LogP contribution in [0.15, 0.2) is 72.8 Å². The molecule has 1 heterocycles. The first kappa shape index (κ1) is 12.6. The molecule has 0 aliphatic heterocycles. The molecule has 0 radical (unpaired) electrons. The first-order valence-electron chi connectivity index (χ1n) is 7.15. The SMILES string of the molecule is N#Cc1ccc(-c2c3ccccc3nc3ccccc23)cc1. The number of aromatic nitrogens is 1. The van der Waals surface area contributed by atoms with E-state index in [1.165, 1.54) is 5.56 Å². The summed E-state index contributed by atoms with van der Waals surface area (Å²) >= 11 is 0. The van der Waals surface area contributed by atoms with E-state index in [0.29, 0.717) is 5.56 Å². The average molecular weight is 280 g/mol. The predicted octanol–water partition coefficient (Wildman–Crippen LogP) is 4.93. The molecule has 0 spiro atoms. The third-order valence-electron chi connectivity index (χ3n) is 3.89. The van der Waals surface area contributed by atoms with Gasteiger partial charge in [0.25, 0.3) is 0 Å². The van der Waals surface area contributed by atoms with E-state index >= 15 is 0 Å². The fourth-order valence-electron chi connectivity index (χ4n) is 2.86. The summed E-state index contributed by atoms with van der Waals surface area (Å²) in [7, 11) is 0. The third-order valence-corrected chi connectivity index (χ3v) is 3.89. The summed E-state index contributed by atoms with van der Waals surface area (Å²) < 4.78 is 0. The van der Waals surface area contributed by atoms with Gasteiger partial charge in [-0.15, -0.1) is 0 Å². The van der Waals surface area contributed by atoms with Crippen LogP contribution in [0.1, 0.15) is 5.56 Å². The quantitative estimate of drug-likeness (QED) is 0.464. The third kappa shape index (κ3) is 1.92. The van der Waals surface area contributed by atoms with Crippen molar-refractivity contribution in [2.45, 2.75) is 0 Å². The fraction of sp³-hybridized carbons (Fsp3) is 0. The molecule has 0 saturated carbocycles. The average Bonchev–Trinajstić information content (AvgIpc) is 2.60. The van der Waals surface area contributed by atoms with Gasteiger partial charge in [-0.3, -0.25) is 0 Å². The Hall–Kier alpha value is -3.18. The summed E-state index contributed by atoms with van der Waals surface area (Å²) in [6.07, 6.45) is 0. The standard InChI is InChI=1S/C20H12N2/c21-13-14-9-11-15(12-10-14)20-16-5-1-3-7-18(16)22-19-8-4-2-6-17(19)20/h1-12H. The van der Waals surface area contributed by atoms with Crippen molar-refractivity contribution in [1.29, 1.82) is 5.26 Å². The van der Waals surface area contributed by atoms with Crippen LogP contribution < -0.4 is 0 Å². The number of hydrogen-bond donors (Lipinski definition) is 0. The summed E-state index contributed by atoms with van der Waals surface area (Å²) in [6.45, 7) is 0. The molecule has 4 rings (SSSR count). The van der Waals surface area contributed by atoms with Crippen molar-refractivity contribution in [3.8, 4) is 17.2 Å². The highest BCUT2D eigenvalue weighted by Crippen LogP contribution is 2.34. The van der Waals surface area contributed by atoms with Gasteiger partial charge in [0.2, 0.25) is 0 Å². The highest BCUT2D eigenvalue weighted by atomic mass is 14.7. The van der Waals surface area contributed by atoms with Crippen LogP contribution in [0.5, 0.6) is 0 Å². The molecule has 0 amide bonds. The largest absolute Gasteiger partial charge is 0.248 e. The summed E-state index contributed by atoms with van der Waals surface area (Å²) in [5, 5.41) is 11.2. The number of benzene rings is 3. The highest BCUT2D eigenvalue weighted by molar-refractivity contribution is 6.09. The van der Waals surface area contributed by atoms with E-state index in [1.54, 1.807) is 0 Å². The lowest BCUT2D eigenvalue weighted by Crippen LogP contribution is -1.89. The summed E-state index contributed by atoms with van der Waals surface area (Å²) in [4.78, 5) is 4.75. The van der Waals surface area contributed by atoms with Crippen LogP contribution >= 0.6 is 0 Å². The maximum atomic E-state index is 8.98. The van der Waals surface area contributed by atoms with Crippen LogP contribution in [0.2, 0.25) is 0 Å². The highest BCUT2D eigenvalue weighted by Gasteiger charge is 2.10. The molecule has 0 saturated heterocycles. The minimum Gasteiger partial charge on any atom is -0.248 e. The van der Waals surface area contributed by atoms with Gasteiger partial charge in [0.15, 0.2) is 0 Å². The van der Waals surface area contributed by atoms with E-state index in [2.05, 4.69) is 18.2 Å². The lowest BCUT2D eigenvalue weighted by molar-refractivity contribution is 1.48. The smallest absolute Gasteiger partial charge is 0.0991 e. The van der Waals surface area contributed by atoms with Crippen molar-refractivity contribution in [3.63, 3.8) is 0 Å². The van der Waals surface area contributed by atoms with E-state index in [-0.39, 0.29) is 0 Å². The molecule has 0 N–H and O–H groups in total. The van der Waals surface area contributed by atoms with E-state index in [0.717, 1.165) is 27.4 Å². The zero-order valence-electron chi connectivity index (χ0n) is 11.8. The molecule has 0 atom stereocenters. The van der Waals surface area contributed by atoms with Crippen LogP contribution in [0.25, 0.3) is 32.9 Å². The monoisotopic (exact) mass is 280 g/mol. The predicted molar refractivity (Wildman–Crippen MR) is 89.4 cm³/mol. The van der Waals surface area contributed by atoms with Crippen molar-refractivity contribution in [3.05, 3.63) is 78.4 Å². The van der Waals surface area contributed by atoms with Crippen LogP contribution in [0.4, 0.5) is 0 Å². The molecular weight excluding hydrogens is 268 g/mol. The molecule has 0 aliphatic rings. The Balaban J connectivity index is 2.14. The molecule has 3 aromatic carbocycles. The molecule has 0 bridgehead atoms. The van der Waals surface area contributed by atoms with Gasteiger partial charge in [0.1, 0.15) is 0 Å². The van der Waals surface area contributed by atoms with Gasteiger partial charge in [-0.05, 0) is 29.8 Å². The molecule has 0 fully saturated rings. The van der Waals surface area contributed by atoms with E-state index < -0.39 is 0 Å². The minimum atomic E-state index is 0.673. The fourth-order valence-corrected chi connectivity index (χ4v) is 2.86. The molecule has 1 aromatic heterocycles. The van der Waals surface area contributed by atoms with Crippen molar-refractivity contribution < 1.29 is 0 Å². The normalized spacial score (nSPS) is 10.7. The first-order chi connectivity index (χ1) is 10.9. The number of para-hydroxylation sites is 2. The van der Waals surface area contributed by atoms with Gasteiger partial charge in [-0.25, -0.2) is 4.98 Å². The van der Waals surface area contributed by atoms with E-state index in [1.807, 2.05) is 60.7 Å². The minimum absolute atomic E-state index is 0.673. The van der Waals surface area contributed by atoms with Crippen molar-refractivity contribution >= 4 is 21.8 Å². The number of nitriles is 1. The molecule has 2 nitrogen and oxygen atoms in total. The van der Waals surface area contributed by atoms with E-state index in [4.69, 9.17) is 10.2 Å². The van der Waals surface area contributed by atoms with Crippen molar-refractivity contribution in [1.82, 2.24) is 4.98 Å². The lowest BCUT2D eigenvalue weighted by atomic mass is 9.95. The second kappa shape index (κ2) is 4.98. The number of hydrogen-bond acceptors (Lipinski definition) is 2. The molecule has 22 heavy (non-hydrogen) atoms. The Kier molecular flexibility index (Phi) is 2.84. The van der Waals surface area contributed by atoms with Gasteiger partial charge in [0, 0.05) is 16.3 Å². The number of rotatable bonds is 1. The lowest BCUT2D eigenvalue weighted by Gasteiger charge is -2.11. The second-order valence-corrected chi connectivity index (χ2v) is 5.21. The Morgan fingerprint density at radius 3 is 1.77 bits per heavy atom. The zero-order chi connectivity index (χ0) is 14.9. The van der Waals surface area contributed by atoms with Crippen LogP contribution in [0, 0.1) is 11.3 Å². The summed E-state index contributed by atoms with van der Waals surface area (Å²) in [6, 6.07) is 26.3. The molecule has 2 heteroatoms.